The van der Waals surface area contributed by atoms with E-state index < -0.39 is 6.10 Å². The van der Waals surface area contributed by atoms with E-state index in [0.29, 0.717) is 25.9 Å². The SMILES string of the molecule is CCCN(CCO)C(=O)CCC(C)O. The largest absolute Gasteiger partial charge is 0.395 e. The number of carbonyl (C=O) groups excluding carboxylic acids is 1. The zero-order valence-corrected chi connectivity index (χ0v) is 9.07. The molecule has 0 aromatic rings. The molecule has 84 valence electrons. The smallest absolute Gasteiger partial charge is 0.222 e. The van der Waals surface area contributed by atoms with Gasteiger partial charge >= 0.3 is 0 Å². The lowest BCUT2D eigenvalue weighted by atomic mass is 10.2. The van der Waals surface area contributed by atoms with E-state index >= 15 is 0 Å². The molecule has 0 radical (unpaired) electrons. The summed E-state index contributed by atoms with van der Waals surface area (Å²) in [6.45, 7) is 4.74. The molecule has 0 bridgehead atoms. The summed E-state index contributed by atoms with van der Waals surface area (Å²) in [6, 6.07) is 0. The summed E-state index contributed by atoms with van der Waals surface area (Å²) < 4.78 is 0. The maximum absolute atomic E-state index is 11.5. The molecule has 0 aromatic carbocycles. The summed E-state index contributed by atoms with van der Waals surface area (Å²) >= 11 is 0. The molecule has 0 aliphatic carbocycles. The van der Waals surface area contributed by atoms with Crippen LogP contribution in [0, 0.1) is 0 Å². The fourth-order valence-electron chi connectivity index (χ4n) is 1.24. The molecule has 0 aromatic heterocycles. The zero-order chi connectivity index (χ0) is 11.0. The van der Waals surface area contributed by atoms with Crippen LogP contribution in [0.4, 0.5) is 0 Å². The van der Waals surface area contributed by atoms with Gasteiger partial charge in [0, 0.05) is 19.5 Å². The monoisotopic (exact) mass is 203 g/mol. The standard InChI is InChI=1S/C10H21NO3/c1-3-6-11(7-8-12)10(14)5-4-9(2)13/h9,12-13H,3-8H2,1-2H3. The Labute approximate surface area is 85.5 Å². The number of amides is 1. The summed E-state index contributed by atoms with van der Waals surface area (Å²) in [7, 11) is 0. The summed E-state index contributed by atoms with van der Waals surface area (Å²) in [6.07, 6.45) is 1.30. The first-order valence-electron chi connectivity index (χ1n) is 5.18. The van der Waals surface area contributed by atoms with Gasteiger partial charge < -0.3 is 15.1 Å². The van der Waals surface area contributed by atoms with E-state index in [0.717, 1.165) is 6.42 Å². The third-order valence-corrected chi connectivity index (χ3v) is 1.99. The van der Waals surface area contributed by atoms with Gasteiger partial charge in [-0.05, 0) is 19.8 Å². The Morgan fingerprint density at radius 2 is 2.07 bits per heavy atom. The van der Waals surface area contributed by atoms with Crippen LogP contribution in [-0.4, -0.2) is 46.8 Å². The van der Waals surface area contributed by atoms with Gasteiger partial charge in [-0.1, -0.05) is 6.92 Å². The molecule has 1 atom stereocenters. The number of aliphatic hydroxyl groups excluding tert-OH is 2. The Bertz CT molecular complexity index is 153. The highest BCUT2D eigenvalue weighted by Gasteiger charge is 2.12. The Morgan fingerprint density at radius 1 is 1.43 bits per heavy atom. The number of hydrogen-bond donors (Lipinski definition) is 2. The fraction of sp³-hybridized carbons (Fsp3) is 0.900. The van der Waals surface area contributed by atoms with Crippen molar-refractivity contribution >= 4 is 5.91 Å². The van der Waals surface area contributed by atoms with Crippen LogP contribution < -0.4 is 0 Å². The van der Waals surface area contributed by atoms with Crippen molar-refractivity contribution in [2.45, 2.75) is 39.2 Å². The van der Waals surface area contributed by atoms with E-state index in [1.807, 2.05) is 6.92 Å². The van der Waals surface area contributed by atoms with Gasteiger partial charge in [0.2, 0.25) is 5.91 Å². The van der Waals surface area contributed by atoms with Gasteiger partial charge in [0.25, 0.3) is 0 Å². The summed E-state index contributed by atoms with van der Waals surface area (Å²) in [5.41, 5.74) is 0. The van der Waals surface area contributed by atoms with Gasteiger partial charge in [-0.15, -0.1) is 0 Å². The molecule has 0 rings (SSSR count). The molecule has 0 fully saturated rings. The quantitative estimate of drug-likeness (QED) is 0.629. The third kappa shape index (κ3) is 5.94. The highest BCUT2D eigenvalue weighted by molar-refractivity contribution is 5.76. The van der Waals surface area contributed by atoms with Crippen LogP contribution in [0.3, 0.4) is 0 Å². The molecule has 0 spiro atoms. The lowest BCUT2D eigenvalue weighted by molar-refractivity contribution is -0.132. The maximum Gasteiger partial charge on any atom is 0.222 e. The average molecular weight is 203 g/mol. The van der Waals surface area contributed by atoms with E-state index in [9.17, 15) is 4.79 Å². The number of carbonyl (C=O) groups is 1. The van der Waals surface area contributed by atoms with E-state index in [1.165, 1.54) is 0 Å². The number of hydrogen-bond acceptors (Lipinski definition) is 3. The Balaban J connectivity index is 3.88. The van der Waals surface area contributed by atoms with Gasteiger partial charge in [0.15, 0.2) is 0 Å². The van der Waals surface area contributed by atoms with Crippen molar-refractivity contribution in [3.05, 3.63) is 0 Å². The third-order valence-electron chi connectivity index (χ3n) is 1.99. The van der Waals surface area contributed by atoms with Crippen molar-refractivity contribution in [1.29, 1.82) is 0 Å². The van der Waals surface area contributed by atoms with E-state index in [4.69, 9.17) is 10.2 Å². The van der Waals surface area contributed by atoms with Gasteiger partial charge in [-0.2, -0.15) is 0 Å². The summed E-state index contributed by atoms with van der Waals surface area (Å²) in [4.78, 5) is 13.2. The number of aliphatic hydroxyl groups is 2. The molecule has 1 unspecified atom stereocenters. The Kier molecular flexibility index (Phi) is 7.42. The first kappa shape index (κ1) is 13.4. The average Bonchev–Trinajstić information content (AvgIpc) is 2.14. The van der Waals surface area contributed by atoms with Crippen LogP contribution in [0.25, 0.3) is 0 Å². The second kappa shape index (κ2) is 7.76. The van der Waals surface area contributed by atoms with Crippen molar-refractivity contribution in [1.82, 2.24) is 4.90 Å². The summed E-state index contributed by atoms with van der Waals surface area (Å²) in [5, 5.41) is 17.8. The molecular weight excluding hydrogens is 182 g/mol. The Hall–Kier alpha value is -0.610. The van der Waals surface area contributed by atoms with E-state index in [-0.39, 0.29) is 12.5 Å². The minimum atomic E-state index is -0.434. The van der Waals surface area contributed by atoms with Crippen LogP contribution in [0.1, 0.15) is 33.1 Å². The molecule has 0 aliphatic rings. The lowest BCUT2D eigenvalue weighted by Crippen LogP contribution is -2.34. The predicted octanol–water partition coefficient (Wildman–Crippen LogP) is 0.378. The first-order valence-corrected chi connectivity index (χ1v) is 5.18. The van der Waals surface area contributed by atoms with E-state index in [2.05, 4.69) is 0 Å². The number of nitrogens with zero attached hydrogens (tertiary/aromatic N) is 1. The molecule has 14 heavy (non-hydrogen) atoms. The molecule has 1 amide bonds. The van der Waals surface area contributed by atoms with Gasteiger partial charge in [0.05, 0.1) is 12.7 Å². The van der Waals surface area contributed by atoms with Gasteiger partial charge in [-0.3, -0.25) is 4.79 Å². The normalized spacial score (nSPS) is 12.6. The molecule has 4 nitrogen and oxygen atoms in total. The molecule has 2 N–H and O–H groups in total. The van der Waals surface area contributed by atoms with Crippen LogP contribution in [0.15, 0.2) is 0 Å². The second-order valence-electron chi connectivity index (χ2n) is 3.49. The van der Waals surface area contributed by atoms with Crippen molar-refractivity contribution in [3.8, 4) is 0 Å². The summed E-state index contributed by atoms with van der Waals surface area (Å²) in [5.74, 6) is 0.0156. The van der Waals surface area contributed by atoms with Crippen LogP contribution in [-0.2, 0) is 4.79 Å². The van der Waals surface area contributed by atoms with E-state index in [1.54, 1.807) is 11.8 Å². The number of rotatable bonds is 7. The lowest BCUT2D eigenvalue weighted by Gasteiger charge is -2.21. The van der Waals surface area contributed by atoms with Crippen molar-refractivity contribution in [2.24, 2.45) is 0 Å². The first-order chi connectivity index (χ1) is 6.61. The van der Waals surface area contributed by atoms with Crippen molar-refractivity contribution in [3.63, 3.8) is 0 Å². The maximum atomic E-state index is 11.5. The highest BCUT2D eigenvalue weighted by atomic mass is 16.3. The van der Waals surface area contributed by atoms with Gasteiger partial charge in [-0.25, -0.2) is 0 Å². The molecular formula is C10H21NO3. The minimum Gasteiger partial charge on any atom is -0.395 e. The minimum absolute atomic E-state index is 0.000415. The highest BCUT2D eigenvalue weighted by Crippen LogP contribution is 2.02. The fourth-order valence-corrected chi connectivity index (χ4v) is 1.24. The van der Waals surface area contributed by atoms with Crippen LogP contribution >= 0.6 is 0 Å². The van der Waals surface area contributed by atoms with Gasteiger partial charge in [0.1, 0.15) is 0 Å². The molecule has 0 heterocycles. The van der Waals surface area contributed by atoms with Crippen molar-refractivity contribution in [2.75, 3.05) is 19.7 Å². The Morgan fingerprint density at radius 3 is 2.50 bits per heavy atom. The van der Waals surface area contributed by atoms with Crippen LogP contribution in [0.5, 0.6) is 0 Å². The zero-order valence-electron chi connectivity index (χ0n) is 9.07. The van der Waals surface area contributed by atoms with Crippen molar-refractivity contribution < 1.29 is 15.0 Å². The van der Waals surface area contributed by atoms with Crippen LogP contribution in [0.2, 0.25) is 0 Å². The molecule has 0 saturated carbocycles. The molecule has 0 saturated heterocycles. The molecule has 0 aliphatic heterocycles. The predicted molar refractivity (Wildman–Crippen MR) is 54.9 cm³/mol. The topological polar surface area (TPSA) is 60.8 Å². The second-order valence-corrected chi connectivity index (χ2v) is 3.49. The molecule has 4 heteroatoms.